The van der Waals surface area contributed by atoms with Crippen molar-refractivity contribution >= 4 is 12.0 Å². The van der Waals surface area contributed by atoms with E-state index in [1.807, 2.05) is 37.3 Å². The number of rotatable bonds is 2. The standard InChI is InChI=1S/C14H15NO3/c1-11-7-8-15(13(16)9-11)14(17)18-10-12-5-3-2-4-6-12/h2-6,9H,7-8,10H2,1H3. The number of hydrogen-bond acceptors (Lipinski definition) is 3. The lowest BCUT2D eigenvalue weighted by atomic mass is 10.1. The van der Waals surface area contributed by atoms with Crippen LogP contribution in [0.2, 0.25) is 0 Å². The van der Waals surface area contributed by atoms with Gasteiger partial charge in [0, 0.05) is 12.6 Å². The first-order chi connectivity index (χ1) is 8.66. The molecule has 18 heavy (non-hydrogen) atoms. The Morgan fingerprint density at radius 3 is 2.72 bits per heavy atom. The molecule has 0 radical (unpaired) electrons. The van der Waals surface area contributed by atoms with Gasteiger partial charge in [-0.05, 0) is 18.9 Å². The maximum Gasteiger partial charge on any atom is 0.417 e. The average Bonchev–Trinajstić information content (AvgIpc) is 2.37. The van der Waals surface area contributed by atoms with Crippen molar-refractivity contribution in [3.8, 4) is 0 Å². The van der Waals surface area contributed by atoms with Gasteiger partial charge in [0.15, 0.2) is 0 Å². The second kappa shape index (κ2) is 5.49. The zero-order valence-corrected chi connectivity index (χ0v) is 10.3. The Morgan fingerprint density at radius 2 is 2.06 bits per heavy atom. The molecule has 4 nitrogen and oxygen atoms in total. The molecular weight excluding hydrogens is 230 g/mol. The number of carbonyl (C=O) groups excluding carboxylic acids is 2. The molecule has 0 bridgehead atoms. The summed E-state index contributed by atoms with van der Waals surface area (Å²) in [5, 5.41) is 0. The van der Waals surface area contributed by atoms with Crippen molar-refractivity contribution in [1.29, 1.82) is 0 Å². The van der Waals surface area contributed by atoms with Gasteiger partial charge in [-0.2, -0.15) is 0 Å². The van der Waals surface area contributed by atoms with Gasteiger partial charge < -0.3 is 4.74 Å². The van der Waals surface area contributed by atoms with Gasteiger partial charge in [-0.3, -0.25) is 4.79 Å². The number of nitrogens with zero attached hydrogens (tertiary/aromatic N) is 1. The van der Waals surface area contributed by atoms with Crippen LogP contribution in [0.1, 0.15) is 18.9 Å². The van der Waals surface area contributed by atoms with Crippen molar-refractivity contribution in [2.24, 2.45) is 0 Å². The highest BCUT2D eigenvalue weighted by Gasteiger charge is 2.24. The number of imide groups is 1. The summed E-state index contributed by atoms with van der Waals surface area (Å²) in [6.45, 7) is 2.46. The molecule has 2 amide bonds. The van der Waals surface area contributed by atoms with Crippen LogP contribution in [0.25, 0.3) is 0 Å². The summed E-state index contributed by atoms with van der Waals surface area (Å²) in [6.07, 6.45) is 1.62. The molecule has 4 heteroatoms. The topological polar surface area (TPSA) is 46.6 Å². The van der Waals surface area contributed by atoms with Crippen LogP contribution in [0.3, 0.4) is 0 Å². The quantitative estimate of drug-likeness (QED) is 0.804. The number of hydrogen-bond donors (Lipinski definition) is 0. The SMILES string of the molecule is CC1=CC(=O)N(C(=O)OCc2ccccc2)CC1. The second-order valence-electron chi connectivity index (χ2n) is 4.27. The van der Waals surface area contributed by atoms with Crippen LogP contribution < -0.4 is 0 Å². The molecule has 0 fully saturated rings. The first-order valence-corrected chi connectivity index (χ1v) is 5.86. The third kappa shape index (κ3) is 2.97. The smallest absolute Gasteiger partial charge is 0.417 e. The fourth-order valence-corrected chi connectivity index (χ4v) is 1.74. The summed E-state index contributed by atoms with van der Waals surface area (Å²) in [4.78, 5) is 24.5. The molecule has 1 aliphatic heterocycles. The molecule has 0 spiro atoms. The minimum Gasteiger partial charge on any atom is -0.444 e. The van der Waals surface area contributed by atoms with Gasteiger partial charge in [-0.15, -0.1) is 0 Å². The molecule has 0 aromatic heterocycles. The molecule has 0 aliphatic carbocycles. The van der Waals surface area contributed by atoms with Crippen LogP contribution in [-0.4, -0.2) is 23.4 Å². The molecule has 0 saturated carbocycles. The highest BCUT2D eigenvalue weighted by Crippen LogP contribution is 2.12. The summed E-state index contributed by atoms with van der Waals surface area (Å²) in [6, 6.07) is 9.39. The third-order valence-electron chi connectivity index (χ3n) is 2.79. The van der Waals surface area contributed by atoms with E-state index in [1.165, 1.54) is 6.08 Å². The monoisotopic (exact) mass is 245 g/mol. The number of ether oxygens (including phenoxy) is 1. The van der Waals surface area contributed by atoms with E-state index in [0.717, 1.165) is 16.0 Å². The summed E-state index contributed by atoms with van der Waals surface area (Å²) in [5.74, 6) is -0.295. The predicted octanol–water partition coefficient (Wildman–Crippen LogP) is 2.50. The van der Waals surface area contributed by atoms with Crippen LogP contribution in [0.5, 0.6) is 0 Å². The van der Waals surface area contributed by atoms with E-state index in [4.69, 9.17) is 4.74 Å². The van der Waals surface area contributed by atoms with Gasteiger partial charge in [0.1, 0.15) is 6.61 Å². The number of benzene rings is 1. The number of carbonyl (C=O) groups is 2. The third-order valence-corrected chi connectivity index (χ3v) is 2.79. The van der Waals surface area contributed by atoms with Crippen molar-refractivity contribution < 1.29 is 14.3 Å². The molecule has 0 saturated heterocycles. The minimum absolute atomic E-state index is 0.187. The normalized spacial score (nSPS) is 15.3. The van der Waals surface area contributed by atoms with Crippen molar-refractivity contribution in [3.63, 3.8) is 0 Å². The van der Waals surface area contributed by atoms with Crippen molar-refractivity contribution in [1.82, 2.24) is 4.90 Å². The van der Waals surface area contributed by atoms with Crippen LogP contribution in [0.15, 0.2) is 42.0 Å². The van der Waals surface area contributed by atoms with E-state index in [2.05, 4.69) is 0 Å². The summed E-state index contributed by atoms with van der Waals surface area (Å²) >= 11 is 0. The van der Waals surface area contributed by atoms with Crippen molar-refractivity contribution in [2.45, 2.75) is 20.0 Å². The van der Waals surface area contributed by atoms with Crippen LogP contribution in [0, 0.1) is 0 Å². The largest absolute Gasteiger partial charge is 0.444 e. The van der Waals surface area contributed by atoms with Gasteiger partial charge >= 0.3 is 6.09 Å². The molecule has 1 heterocycles. The van der Waals surface area contributed by atoms with Crippen molar-refractivity contribution in [2.75, 3.05) is 6.54 Å². The molecule has 0 atom stereocenters. The van der Waals surface area contributed by atoms with E-state index >= 15 is 0 Å². The van der Waals surface area contributed by atoms with Crippen LogP contribution in [-0.2, 0) is 16.1 Å². The average molecular weight is 245 g/mol. The Morgan fingerprint density at radius 1 is 1.33 bits per heavy atom. The predicted molar refractivity (Wildman–Crippen MR) is 66.7 cm³/mol. The highest BCUT2D eigenvalue weighted by molar-refractivity contribution is 5.99. The van der Waals surface area contributed by atoms with Crippen molar-refractivity contribution in [3.05, 3.63) is 47.5 Å². The van der Waals surface area contributed by atoms with Crippen LogP contribution >= 0.6 is 0 Å². The highest BCUT2D eigenvalue weighted by atomic mass is 16.6. The molecule has 94 valence electrons. The van der Waals surface area contributed by atoms with Gasteiger partial charge in [-0.1, -0.05) is 35.9 Å². The summed E-state index contributed by atoms with van der Waals surface area (Å²) < 4.78 is 5.11. The molecule has 1 aliphatic rings. The Bertz CT molecular complexity index is 479. The zero-order chi connectivity index (χ0) is 13.0. The van der Waals surface area contributed by atoms with E-state index in [1.54, 1.807) is 0 Å². The van der Waals surface area contributed by atoms with E-state index in [0.29, 0.717) is 13.0 Å². The Balaban J connectivity index is 1.91. The molecule has 1 aromatic rings. The minimum atomic E-state index is -0.576. The van der Waals surface area contributed by atoms with Gasteiger partial charge in [0.2, 0.25) is 0 Å². The molecular formula is C14H15NO3. The van der Waals surface area contributed by atoms with E-state index < -0.39 is 6.09 Å². The lowest BCUT2D eigenvalue weighted by Crippen LogP contribution is -2.39. The maximum absolute atomic E-state index is 11.7. The fourth-order valence-electron chi connectivity index (χ4n) is 1.74. The lowest BCUT2D eigenvalue weighted by molar-refractivity contribution is -0.125. The molecule has 1 aromatic carbocycles. The first kappa shape index (κ1) is 12.4. The Hall–Kier alpha value is -2.10. The fraction of sp³-hybridized carbons (Fsp3) is 0.286. The van der Waals surface area contributed by atoms with Gasteiger partial charge in [-0.25, -0.2) is 9.69 Å². The Kier molecular flexibility index (Phi) is 3.77. The summed E-state index contributed by atoms with van der Waals surface area (Å²) in [5.41, 5.74) is 1.90. The van der Waals surface area contributed by atoms with Crippen LogP contribution in [0.4, 0.5) is 4.79 Å². The van der Waals surface area contributed by atoms with Gasteiger partial charge in [0.05, 0.1) is 0 Å². The maximum atomic E-state index is 11.7. The van der Waals surface area contributed by atoms with Gasteiger partial charge in [0.25, 0.3) is 5.91 Å². The molecule has 0 N–H and O–H groups in total. The molecule has 2 rings (SSSR count). The Labute approximate surface area is 106 Å². The zero-order valence-electron chi connectivity index (χ0n) is 10.3. The lowest BCUT2D eigenvalue weighted by Gasteiger charge is -2.22. The summed E-state index contributed by atoms with van der Waals surface area (Å²) in [7, 11) is 0. The molecule has 0 unspecified atom stereocenters. The van der Waals surface area contributed by atoms with E-state index in [9.17, 15) is 9.59 Å². The van der Waals surface area contributed by atoms with E-state index in [-0.39, 0.29) is 12.5 Å². The second-order valence-corrected chi connectivity index (χ2v) is 4.27. The first-order valence-electron chi connectivity index (χ1n) is 5.86. The number of amides is 2.